The summed E-state index contributed by atoms with van der Waals surface area (Å²) in [6.07, 6.45) is -5.14. The predicted octanol–water partition coefficient (Wildman–Crippen LogP) is 5.68. The number of anilines is 1. The van der Waals surface area contributed by atoms with Gasteiger partial charge in [0.05, 0.1) is 18.3 Å². The number of rotatable bonds is 9. The molecular weight excluding hydrogens is 586 g/mol. The average Bonchev–Trinajstić information content (AvgIpc) is 3.15. The number of hydrogen-bond donors (Lipinski definition) is 2. The monoisotopic (exact) mass is 620 g/mol. The largest absolute Gasteiger partial charge is 0.495 e. The Labute approximate surface area is 252 Å². The third-order valence-electron chi connectivity index (χ3n) is 8.18. The van der Waals surface area contributed by atoms with E-state index in [1.165, 1.54) is 6.92 Å². The van der Waals surface area contributed by atoms with E-state index in [2.05, 4.69) is 5.32 Å². The smallest absolute Gasteiger partial charge is 0.467 e. The number of alkyl halides is 3. The average molecular weight is 620 g/mol. The molecule has 44 heavy (non-hydrogen) atoms. The molecule has 13 heteroatoms. The highest BCUT2D eigenvalue weighted by Gasteiger charge is 2.52. The predicted molar refractivity (Wildman–Crippen MR) is 157 cm³/mol. The fraction of sp³-hybridized carbons (Fsp3) is 0.419. The first-order chi connectivity index (χ1) is 20.5. The van der Waals surface area contributed by atoms with Gasteiger partial charge in [0.2, 0.25) is 0 Å². The topological polar surface area (TPSA) is 85.9 Å². The van der Waals surface area contributed by atoms with Crippen LogP contribution < -0.4 is 16.1 Å². The molecule has 236 valence electrons. The summed E-state index contributed by atoms with van der Waals surface area (Å²) in [5.41, 5.74) is -1.31. The number of hydrogen-bond acceptors (Lipinski definition) is 6. The molecule has 1 fully saturated rings. The van der Waals surface area contributed by atoms with Gasteiger partial charge in [-0.05, 0) is 68.0 Å². The van der Waals surface area contributed by atoms with Gasteiger partial charge in [0.15, 0.2) is 0 Å². The second-order valence-corrected chi connectivity index (χ2v) is 11.7. The molecule has 1 aliphatic rings. The molecule has 3 aromatic rings. The summed E-state index contributed by atoms with van der Waals surface area (Å²) in [5, 5.41) is 5.87. The normalized spacial score (nSPS) is 17.3. The number of methoxy groups -OCH3 is 1. The third kappa shape index (κ3) is 6.68. The van der Waals surface area contributed by atoms with Crippen LogP contribution in [0, 0.1) is 11.6 Å². The molecule has 1 heterocycles. The maximum atomic E-state index is 14.9. The third-order valence-corrected chi connectivity index (χ3v) is 8.18. The van der Waals surface area contributed by atoms with Gasteiger partial charge in [-0.2, -0.15) is 13.2 Å². The molecule has 2 atom stereocenters. The van der Waals surface area contributed by atoms with Gasteiger partial charge in [-0.25, -0.2) is 13.6 Å². The van der Waals surface area contributed by atoms with Crippen molar-refractivity contribution in [1.82, 2.24) is 5.32 Å². The molecule has 0 radical (unpaired) electrons. The standard InChI is InChI=1S/C31H34BF5N2O5/c1-7-25(31(35,36)37)38-18-15-22(33)26(23(34)16-18)27(40)39-24(28(41)42-6)14-17-12-13-21(20-11-9-8-10-19(17)20)32-43-29(2,3)30(4,5)44-32/h8-13,15-16,24-25,38H,7,14H2,1-6H3,(H,39,40)/t24-,25+/m0/s1. The summed E-state index contributed by atoms with van der Waals surface area (Å²) in [6.45, 7) is 9.02. The van der Waals surface area contributed by atoms with Gasteiger partial charge in [0.1, 0.15) is 29.3 Å². The molecular formula is C31H34BF5N2O5. The summed E-state index contributed by atoms with van der Waals surface area (Å²) in [6, 6.07) is 8.67. The maximum Gasteiger partial charge on any atom is 0.495 e. The minimum absolute atomic E-state index is 0.102. The Kier molecular flexibility index (Phi) is 9.32. The Bertz CT molecular complexity index is 1520. The fourth-order valence-corrected chi connectivity index (χ4v) is 5.01. The molecule has 0 aromatic heterocycles. The number of benzene rings is 3. The van der Waals surface area contributed by atoms with Crippen molar-refractivity contribution >= 4 is 40.9 Å². The van der Waals surface area contributed by atoms with Crippen molar-refractivity contribution in [1.29, 1.82) is 0 Å². The minimum atomic E-state index is -4.65. The van der Waals surface area contributed by atoms with E-state index in [4.69, 9.17) is 14.0 Å². The molecule has 1 saturated heterocycles. The first kappa shape index (κ1) is 33.2. The number of ether oxygens (including phenoxy) is 1. The molecule has 4 rings (SSSR count). The van der Waals surface area contributed by atoms with Crippen LogP contribution in [0.2, 0.25) is 0 Å². The van der Waals surface area contributed by atoms with Crippen molar-refractivity contribution in [2.45, 2.75) is 76.9 Å². The van der Waals surface area contributed by atoms with E-state index in [1.54, 1.807) is 18.2 Å². The Morgan fingerprint density at radius 1 is 0.955 bits per heavy atom. The lowest BCUT2D eigenvalue weighted by Crippen LogP contribution is -2.44. The van der Waals surface area contributed by atoms with Gasteiger partial charge in [-0.1, -0.05) is 43.3 Å². The van der Waals surface area contributed by atoms with Gasteiger partial charge >= 0.3 is 19.3 Å². The summed E-state index contributed by atoms with van der Waals surface area (Å²) < 4.78 is 86.6. The zero-order chi connectivity index (χ0) is 32.6. The van der Waals surface area contributed by atoms with E-state index in [0.29, 0.717) is 17.7 Å². The molecule has 0 bridgehead atoms. The quantitative estimate of drug-likeness (QED) is 0.182. The zero-order valence-corrected chi connectivity index (χ0v) is 25.2. The number of halogens is 5. The summed E-state index contributed by atoms with van der Waals surface area (Å²) >= 11 is 0. The molecule has 0 aliphatic carbocycles. The van der Waals surface area contributed by atoms with Crippen LogP contribution >= 0.6 is 0 Å². The Morgan fingerprint density at radius 2 is 1.52 bits per heavy atom. The van der Waals surface area contributed by atoms with Crippen LogP contribution in [0.4, 0.5) is 27.6 Å². The number of amides is 1. The van der Waals surface area contributed by atoms with Crippen molar-refractivity contribution in [3.8, 4) is 0 Å². The summed E-state index contributed by atoms with van der Waals surface area (Å²) in [5.74, 6) is -4.94. The molecule has 0 spiro atoms. The minimum Gasteiger partial charge on any atom is -0.467 e. The molecule has 0 unspecified atom stereocenters. The lowest BCUT2D eigenvalue weighted by molar-refractivity contribution is -0.143. The highest BCUT2D eigenvalue weighted by atomic mass is 19.4. The summed E-state index contributed by atoms with van der Waals surface area (Å²) in [7, 11) is 0.440. The van der Waals surface area contributed by atoms with Crippen LogP contribution in [0.15, 0.2) is 48.5 Å². The molecule has 2 N–H and O–H groups in total. The van der Waals surface area contributed by atoms with Crippen molar-refractivity contribution in [2.75, 3.05) is 12.4 Å². The number of fused-ring (bicyclic) bond motifs is 1. The van der Waals surface area contributed by atoms with Gasteiger partial charge in [-0.3, -0.25) is 4.79 Å². The number of esters is 1. The van der Waals surface area contributed by atoms with Crippen molar-refractivity contribution < 1.29 is 45.6 Å². The number of carbonyl (C=O) groups excluding carboxylic acids is 2. The Hall–Kier alpha value is -3.71. The lowest BCUT2D eigenvalue weighted by atomic mass is 9.75. The van der Waals surface area contributed by atoms with Gasteiger partial charge < -0.3 is 24.7 Å². The van der Waals surface area contributed by atoms with E-state index in [9.17, 15) is 31.5 Å². The zero-order valence-electron chi connectivity index (χ0n) is 25.2. The molecule has 0 saturated carbocycles. The van der Waals surface area contributed by atoms with Crippen molar-refractivity contribution in [3.63, 3.8) is 0 Å². The van der Waals surface area contributed by atoms with E-state index in [-0.39, 0.29) is 12.8 Å². The Morgan fingerprint density at radius 3 is 2.05 bits per heavy atom. The van der Waals surface area contributed by atoms with E-state index in [0.717, 1.165) is 23.3 Å². The van der Waals surface area contributed by atoms with Crippen LogP contribution in [0.5, 0.6) is 0 Å². The van der Waals surface area contributed by atoms with Crippen molar-refractivity contribution in [2.24, 2.45) is 0 Å². The van der Waals surface area contributed by atoms with Crippen LogP contribution in [-0.2, 0) is 25.3 Å². The van der Waals surface area contributed by atoms with Gasteiger partial charge in [-0.15, -0.1) is 0 Å². The van der Waals surface area contributed by atoms with Crippen LogP contribution in [0.3, 0.4) is 0 Å². The maximum absolute atomic E-state index is 14.9. The molecule has 1 aliphatic heterocycles. The second kappa shape index (κ2) is 12.4. The Balaban J connectivity index is 1.61. The summed E-state index contributed by atoms with van der Waals surface area (Å²) in [4.78, 5) is 25.8. The molecule has 3 aromatic carbocycles. The van der Waals surface area contributed by atoms with Gasteiger partial charge in [0.25, 0.3) is 5.91 Å². The number of carbonyl (C=O) groups is 2. The van der Waals surface area contributed by atoms with Gasteiger partial charge in [0, 0.05) is 12.1 Å². The SMILES string of the molecule is CC[C@@H](Nc1cc(F)c(C(=O)N[C@@H](Cc2ccc(B3OC(C)(C)C(C)(C)O3)c3ccccc23)C(=O)OC)c(F)c1)C(F)(F)F. The van der Waals surface area contributed by atoms with E-state index < -0.39 is 71.3 Å². The number of nitrogens with one attached hydrogen (secondary N) is 2. The van der Waals surface area contributed by atoms with Crippen LogP contribution in [0.25, 0.3) is 10.8 Å². The molecule has 1 amide bonds. The first-order valence-electron chi connectivity index (χ1n) is 14.1. The van der Waals surface area contributed by atoms with E-state index >= 15 is 0 Å². The first-order valence-corrected chi connectivity index (χ1v) is 14.1. The highest BCUT2D eigenvalue weighted by Crippen LogP contribution is 2.37. The fourth-order valence-electron chi connectivity index (χ4n) is 5.01. The molecule has 7 nitrogen and oxygen atoms in total. The second-order valence-electron chi connectivity index (χ2n) is 11.7. The van der Waals surface area contributed by atoms with E-state index in [1.807, 2.05) is 51.2 Å². The van der Waals surface area contributed by atoms with Crippen molar-refractivity contribution in [3.05, 3.63) is 71.3 Å². The van der Waals surface area contributed by atoms with Crippen LogP contribution in [-0.4, -0.2) is 55.6 Å². The lowest BCUT2D eigenvalue weighted by Gasteiger charge is -2.32. The van der Waals surface area contributed by atoms with Crippen LogP contribution in [0.1, 0.15) is 57.0 Å². The highest BCUT2D eigenvalue weighted by molar-refractivity contribution is 6.65.